The Labute approximate surface area is 219 Å². The predicted molar refractivity (Wildman–Crippen MR) is 140 cm³/mol. The van der Waals surface area contributed by atoms with E-state index in [1.54, 1.807) is 17.0 Å². The topological polar surface area (TPSA) is 59.1 Å². The molecule has 1 saturated heterocycles. The lowest BCUT2D eigenvalue weighted by atomic mass is 9.84. The van der Waals surface area contributed by atoms with Gasteiger partial charge in [0.15, 0.2) is 0 Å². The summed E-state index contributed by atoms with van der Waals surface area (Å²) < 4.78 is 25.1. The molecule has 1 aliphatic carbocycles. The third kappa shape index (κ3) is 7.78. The number of morpholine rings is 1. The highest BCUT2D eigenvalue weighted by Gasteiger charge is 2.36. The van der Waals surface area contributed by atoms with Crippen LogP contribution in [0.15, 0.2) is 54.6 Å². The van der Waals surface area contributed by atoms with Crippen LogP contribution in [0.4, 0.5) is 9.18 Å². The van der Waals surface area contributed by atoms with Crippen molar-refractivity contribution < 1.29 is 23.5 Å². The van der Waals surface area contributed by atoms with Gasteiger partial charge >= 0.3 is 6.09 Å². The first-order valence-electron chi connectivity index (χ1n) is 13.4. The van der Waals surface area contributed by atoms with E-state index in [1.807, 2.05) is 43.9 Å². The number of nitrogens with zero attached hydrogens (tertiary/aromatic N) is 2. The Bertz CT molecular complexity index is 1030. The van der Waals surface area contributed by atoms with E-state index in [1.165, 1.54) is 17.7 Å². The predicted octanol–water partition coefficient (Wildman–Crippen LogP) is 5.59. The number of carbonyl (C=O) groups excluding carboxylic acids is 2. The summed E-state index contributed by atoms with van der Waals surface area (Å²) in [5.41, 5.74) is 1.45. The lowest BCUT2D eigenvalue weighted by molar-refractivity contribution is -0.144. The van der Waals surface area contributed by atoms with Crippen LogP contribution in [0.25, 0.3) is 0 Å². The maximum absolute atomic E-state index is 13.4. The molecule has 0 N–H and O–H groups in total. The second-order valence-electron chi connectivity index (χ2n) is 11.2. The van der Waals surface area contributed by atoms with Crippen LogP contribution in [0.3, 0.4) is 0 Å². The third-order valence-electron chi connectivity index (χ3n) is 7.14. The van der Waals surface area contributed by atoms with Gasteiger partial charge in [0.05, 0.1) is 12.7 Å². The molecule has 6 nitrogen and oxygen atoms in total. The minimum atomic E-state index is -0.613. The lowest BCUT2D eigenvalue weighted by Crippen LogP contribution is -2.50. The van der Waals surface area contributed by atoms with Crippen molar-refractivity contribution >= 4 is 12.0 Å². The molecule has 1 aliphatic heterocycles. The zero-order valence-electron chi connectivity index (χ0n) is 22.2. The average Bonchev–Trinajstić information content (AvgIpc) is 2.88. The number of ether oxygens (including phenoxy) is 2. The Morgan fingerprint density at radius 3 is 2.32 bits per heavy atom. The molecule has 200 valence electrons. The molecule has 0 spiro atoms. The Morgan fingerprint density at radius 2 is 1.68 bits per heavy atom. The van der Waals surface area contributed by atoms with Crippen molar-refractivity contribution in [3.8, 4) is 0 Å². The van der Waals surface area contributed by atoms with Crippen LogP contribution in [-0.4, -0.2) is 59.2 Å². The fourth-order valence-electron chi connectivity index (χ4n) is 5.26. The Hall–Kier alpha value is -2.93. The highest BCUT2D eigenvalue weighted by atomic mass is 19.1. The van der Waals surface area contributed by atoms with Crippen molar-refractivity contribution in [3.63, 3.8) is 0 Å². The molecule has 0 radical (unpaired) electrons. The van der Waals surface area contributed by atoms with Crippen LogP contribution >= 0.6 is 0 Å². The molecule has 1 saturated carbocycles. The number of halogens is 1. The Balaban J connectivity index is 1.35. The first-order valence-corrected chi connectivity index (χ1v) is 13.4. The van der Waals surface area contributed by atoms with E-state index in [-0.39, 0.29) is 35.9 Å². The zero-order valence-corrected chi connectivity index (χ0v) is 22.2. The van der Waals surface area contributed by atoms with Crippen LogP contribution in [-0.2, 0) is 27.2 Å². The molecule has 0 bridgehead atoms. The van der Waals surface area contributed by atoms with Crippen molar-refractivity contribution in [3.05, 3.63) is 71.5 Å². The highest BCUT2D eigenvalue weighted by Crippen LogP contribution is 2.31. The van der Waals surface area contributed by atoms with Gasteiger partial charge in [-0.25, -0.2) is 9.18 Å². The second-order valence-corrected chi connectivity index (χ2v) is 11.2. The van der Waals surface area contributed by atoms with Crippen molar-refractivity contribution in [2.45, 2.75) is 77.2 Å². The average molecular weight is 511 g/mol. The number of benzene rings is 2. The van der Waals surface area contributed by atoms with Crippen molar-refractivity contribution in [2.75, 3.05) is 19.7 Å². The zero-order chi connectivity index (χ0) is 26.4. The van der Waals surface area contributed by atoms with Crippen LogP contribution in [0.2, 0.25) is 0 Å². The molecule has 0 aromatic heterocycles. The molecule has 2 aromatic carbocycles. The summed E-state index contributed by atoms with van der Waals surface area (Å²) in [6, 6.07) is 16.4. The summed E-state index contributed by atoms with van der Waals surface area (Å²) in [4.78, 5) is 30.2. The molecular weight excluding hydrogens is 471 g/mol. The van der Waals surface area contributed by atoms with E-state index in [9.17, 15) is 14.0 Å². The standard InChI is InChI=1S/C30H39FN2O4/c1-30(2,3)37-29(35)33(20-23-9-13-25(31)14-10-23)26-15-11-24(12-16-26)28(34)32-17-18-36-27(21-32)19-22-7-5-4-6-8-22/h4-10,13-14,24,26-27H,11-12,15-21H2,1-3H3/t24?,26?,27-/m0/s1. The Kier molecular flexibility index (Phi) is 8.85. The van der Waals surface area contributed by atoms with Crippen LogP contribution in [0, 0.1) is 11.7 Å². The second kappa shape index (κ2) is 12.1. The van der Waals surface area contributed by atoms with Crippen LogP contribution < -0.4 is 0 Å². The van der Waals surface area contributed by atoms with Crippen molar-refractivity contribution in [1.82, 2.24) is 9.80 Å². The van der Waals surface area contributed by atoms with Gasteiger partial charge in [-0.15, -0.1) is 0 Å². The van der Waals surface area contributed by atoms with E-state index in [4.69, 9.17) is 9.47 Å². The van der Waals surface area contributed by atoms with E-state index >= 15 is 0 Å². The molecule has 2 aromatic rings. The van der Waals surface area contributed by atoms with Gasteiger partial charge in [0.2, 0.25) is 5.91 Å². The van der Waals surface area contributed by atoms with Gasteiger partial charge in [-0.3, -0.25) is 4.79 Å². The summed E-state index contributed by atoms with van der Waals surface area (Å²) in [6.07, 6.45) is 3.35. The summed E-state index contributed by atoms with van der Waals surface area (Å²) in [6.45, 7) is 7.70. The molecule has 37 heavy (non-hydrogen) atoms. The van der Waals surface area contributed by atoms with Crippen LogP contribution in [0.5, 0.6) is 0 Å². The molecule has 2 aliphatic rings. The monoisotopic (exact) mass is 510 g/mol. The van der Waals surface area contributed by atoms with Crippen LogP contribution in [0.1, 0.15) is 57.6 Å². The molecule has 7 heteroatoms. The van der Waals surface area contributed by atoms with Gasteiger partial charge in [-0.05, 0) is 69.7 Å². The summed E-state index contributed by atoms with van der Waals surface area (Å²) >= 11 is 0. The fraction of sp³-hybridized carbons (Fsp3) is 0.533. The van der Waals surface area contributed by atoms with Gasteiger partial charge in [0.1, 0.15) is 11.4 Å². The van der Waals surface area contributed by atoms with E-state index in [2.05, 4.69) is 12.1 Å². The van der Waals surface area contributed by atoms with Gasteiger partial charge in [-0.1, -0.05) is 42.5 Å². The SMILES string of the molecule is CC(C)(C)OC(=O)N(Cc1ccc(F)cc1)C1CCC(C(=O)N2CCO[C@@H](Cc3ccccc3)C2)CC1. The number of carbonyl (C=O) groups is 2. The number of rotatable bonds is 6. The van der Waals surface area contributed by atoms with Crippen molar-refractivity contribution in [2.24, 2.45) is 5.92 Å². The molecule has 1 atom stereocenters. The Morgan fingerprint density at radius 1 is 1.00 bits per heavy atom. The maximum Gasteiger partial charge on any atom is 0.410 e. The van der Waals surface area contributed by atoms with Crippen molar-refractivity contribution in [1.29, 1.82) is 0 Å². The van der Waals surface area contributed by atoms with Gasteiger partial charge in [0.25, 0.3) is 0 Å². The first-order chi connectivity index (χ1) is 17.7. The minimum absolute atomic E-state index is 0.00908. The summed E-state index contributed by atoms with van der Waals surface area (Å²) in [5.74, 6) is -0.152. The minimum Gasteiger partial charge on any atom is -0.444 e. The number of amides is 2. The summed E-state index contributed by atoms with van der Waals surface area (Å²) in [7, 11) is 0. The lowest BCUT2D eigenvalue weighted by Gasteiger charge is -2.40. The quantitative estimate of drug-likeness (QED) is 0.508. The van der Waals surface area contributed by atoms with Gasteiger partial charge < -0.3 is 19.3 Å². The third-order valence-corrected chi connectivity index (χ3v) is 7.14. The number of hydrogen-bond donors (Lipinski definition) is 0. The molecule has 1 heterocycles. The van der Waals surface area contributed by atoms with Gasteiger partial charge in [0, 0.05) is 38.0 Å². The van der Waals surface area contributed by atoms with E-state index in [0.29, 0.717) is 26.2 Å². The van der Waals surface area contributed by atoms with Gasteiger partial charge in [-0.2, -0.15) is 0 Å². The highest BCUT2D eigenvalue weighted by molar-refractivity contribution is 5.79. The number of hydrogen-bond acceptors (Lipinski definition) is 4. The van der Waals surface area contributed by atoms with E-state index < -0.39 is 5.60 Å². The first kappa shape index (κ1) is 27.1. The van der Waals surface area contributed by atoms with E-state index in [0.717, 1.165) is 37.7 Å². The normalized spacial score (nSPS) is 22.4. The maximum atomic E-state index is 13.4. The summed E-state index contributed by atoms with van der Waals surface area (Å²) in [5, 5.41) is 0. The fourth-order valence-corrected chi connectivity index (χ4v) is 5.26. The molecule has 0 unspecified atom stereocenters. The largest absolute Gasteiger partial charge is 0.444 e. The molecule has 2 fully saturated rings. The molecular formula is C30H39FN2O4. The molecule has 2 amide bonds. The molecule has 4 rings (SSSR count). The smallest absolute Gasteiger partial charge is 0.410 e.